The zero-order valence-corrected chi connectivity index (χ0v) is 9.82. The molecule has 0 radical (unpaired) electrons. The monoisotopic (exact) mass is 270 g/mol. The fourth-order valence-corrected chi connectivity index (χ4v) is 2.18. The van der Waals surface area contributed by atoms with Crippen molar-refractivity contribution in [3.05, 3.63) is 28.2 Å². The van der Waals surface area contributed by atoms with E-state index < -0.39 is 11.9 Å². The van der Waals surface area contributed by atoms with Crippen LogP contribution in [0.15, 0.2) is 22.7 Å². The van der Waals surface area contributed by atoms with E-state index >= 15 is 0 Å². The van der Waals surface area contributed by atoms with Crippen molar-refractivity contribution in [3.63, 3.8) is 0 Å². The zero-order chi connectivity index (χ0) is 11.0. The fraction of sp³-hybridized carbons (Fsp3) is 0.364. The van der Waals surface area contributed by atoms with Gasteiger partial charge < -0.3 is 9.84 Å². The number of carboxylic acids is 1. The van der Waals surface area contributed by atoms with Gasteiger partial charge in [0.2, 0.25) is 0 Å². The highest BCUT2D eigenvalue weighted by molar-refractivity contribution is 9.10. The molecule has 1 aromatic rings. The summed E-state index contributed by atoms with van der Waals surface area (Å²) in [6, 6.07) is 5.70. The highest BCUT2D eigenvalue weighted by Gasteiger charge is 2.32. The maximum atomic E-state index is 11.0. The number of fused-ring (bicyclic) bond motifs is 1. The van der Waals surface area contributed by atoms with Crippen LogP contribution in [0.4, 0.5) is 0 Å². The SMILES string of the molecule is CC1c2ccc(Br)cc2OCC1C(=O)O. The molecule has 1 aliphatic rings. The molecule has 2 unspecified atom stereocenters. The second-order valence-electron chi connectivity index (χ2n) is 3.73. The first-order chi connectivity index (χ1) is 7.09. The molecule has 1 heterocycles. The Bertz CT molecular complexity index is 403. The molecule has 0 bridgehead atoms. The van der Waals surface area contributed by atoms with E-state index in [0.717, 1.165) is 15.8 Å². The zero-order valence-electron chi connectivity index (χ0n) is 8.24. The van der Waals surface area contributed by atoms with E-state index in [4.69, 9.17) is 9.84 Å². The third-order valence-electron chi connectivity index (χ3n) is 2.81. The molecule has 15 heavy (non-hydrogen) atoms. The maximum Gasteiger partial charge on any atom is 0.310 e. The topological polar surface area (TPSA) is 46.5 Å². The largest absolute Gasteiger partial charge is 0.492 e. The summed E-state index contributed by atoms with van der Waals surface area (Å²) in [7, 11) is 0. The van der Waals surface area contributed by atoms with Crippen molar-refractivity contribution < 1.29 is 14.6 Å². The van der Waals surface area contributed by atoms with Gasteiger partial charge in [-0.15, -0.1) is 0 Å². The number of rotatable bonds is 1. The number of aliphatic carboxylic acids is 1. The third kappa shape index (κ3) is 1.86. The first-order valence-corrected chi connectivity index (χ1v) is 5.54. The smallest absolute Gasteiger partial charge is 0.310 e. The molecule has 0 aliphatic carbocycles. The number of carboxylic acid groups (broad SMARTS) is 1. The summed E-state index contributed by atoms with van der Waals surface area (Å²) < 4.78 is 6.38. The number of carbonyl (C=O) groups is 1. The summed E-state index contributed by atoms with van der Waals surface area (Å²) in [5.41, 5.74) is 0.969. The molecule has 4 heteroatoms. The quantitative estimate of drug-likeness (QED) is 0.854. The van der Waals surface area contributed by atoms with Crippen LogP contribution in [0.25, 0.3) is 0 Å². The molecule has 1 aromatic carbocycles. The van der Waals surface area contributed by atoms with Gasteiger partial charge in [0, 0.05) is 10.4 Å². The molecule has 1 N–H and O–H groups in total. The van der Waals surface area contributed by atoms with Crippen LogP contribution < -0.4 is 4.74 Å². The second-order valence-corrected chi connectivity index (χ2v) is 4.64. The average molecular weight is 271 g/mol. The summed E-state index contributed by atoms with van der Waals surface area (Å²) in [5.74, 6) is -0.455. The lowest BCUT2D eigenvalue weighted by atomic mass is 9.86. The van der Waals surface area contributed by atoms with Crippen molar-refractivity contribution in [2.45, 2.75) is 12.8 Å². The van der Waals surface area contributed by atoms with E-state index in [9.17, 15) is 4.79 Å². The Balaban J connectivity index is 2.38. The maximum absolute atomic E-state index is 11.0. The fourth-order valence-electron chi connectivity index (χ4n) is 1.84. The van der Waals surface area contributed by atoms with Crippen LogP contribution in [0.1, 0.15) is 18.4 Å². The summed E-state index contributed by atoms with van der Waals surface area (Å²) >= 11 is 3.36. The molecule has 2 atom stereocenters. The van der Waals surface area contributed by atoms with Crippen LogP contribution in [0.3, 0.4) is 0 Å². The van der Waals surface area contributed by atoms with Crippen molar-refractivity contribution in [1.82, 2.24) is 0 Å². The Morgan fingerprint density at radius 1 is 1.60 bits per heavy atom. The number of hydrogen-bond acceptors (Lipinski definition) is 2. The summed E-state index contributed by atoms with van der Waals surface area (Å²) in [5, 5.41) is 9.00. The number of ether oxygens (including phenoxy) is 1. The highest BCUT2D eigenvalue weighted by Crippen LogP contribution is 2.38. The number of hydrogen-bond donors (Lipinski definition) is 1. The average Bonchev–Trinajstić information content (AvgIpc) is 2.17. The van der Waals surface area contributed by atoms with Gasteiger partial charge in [-0.3, -0.25) is 4.79 Å². The predicted octanol–water partition coefficient (Wildman–Crippen LogP) is 2.65. The highest BCUT2D eigenvalue weighted by atomic mass is 79.9. The van der Waals surface area contributed by atoms with Crippen molar-refractivity contribution in [1.29, 1.82) is 0 Å². The van der Waals surface area contributed by atoms with E-state index in [1.54, 1.807) is 0 Å². The lowest BCUT2D eigenvalue weighted by Gasteiger charge is -2.28. The van der Waals surface area contributed by atoms with E-state index in [1.807, 2.05) is 25.1 Å². The van der Waals surface area contributed by atoms with Crippen molar-refractivity contribution in [2.75, 3.05) is 6.61 Å². The molecule has 0 fully saturated rings. The summed E-state index contributed by atoms with van der Waals surface area (Å²) in [6.45, 7) is 2.17. The van der Waals surface area contributed by atoms with Crippen LogP contribution in [-0.4, -0.2) is 17.7 Å². The molecular weight excluding hydrogens is 260 g/mol. The minimum absolute atomic E-state index is 0.000602. The second kappa shape index (κ2) is 3.85. The lowest BCUT2D eigenvalue weighted by molar-refractivity contribution is -0.144. The Morgan fingerprint density at radius 3 is 3.00 bits per heavy atom. The van der Waals surface area contributed by atoms with E-state index in [1.165, 1.54) is 0 Å². The van der Waals surface area contributed by atoms with Crippen LogP contribution in [-0.2, 0) is 4.79 Å². The Morgan fingerprint density at radius 2 is 2.33 bits per heavy atom. The van der Waals surface area contributed by atoms with Crippen LogP contribution >= 0.6 is 15.9 Å². The minimum atomic E-state index is -0.795. The van der Waals surface area contributed by atoms with E-state index in [2.05, 4.69) is 15.9 Å². The normalized spacial score (nSPS) is 24.1. The minimum Gasteiger partial charge on any atom is -0.492 e. The van der Waals surface area contributed by atoms with Gasteiger partial charge in [0.05, 0.1) is 5.92 Å². The van der Waals surface area contributed by atoms with Gasteiger partial charge in [-0.2, -0.15) is 0 Å². The Kier molecular flexibility index (Phi) is 2.69. The first-order valence-electron chi connectivity index (χ1n) is 4.74. The molecule has 2 rings (SSSR count). The van der Waals surface area contributed by atoms with Crippen LogP contribution in [0.2, 0.25) is 0 Å². The van der Waals surface area contributed by atoms with Gasteiger partial charge in [0.15, 0.2) is 0 Å². The third-order valence-corrected chi connectivity index (χ3v) is 3.30. The van der Waals surface area contributed by atoms with Crippen molar-refractivity contribution >= 4 is 21.9 Å². The molecule has 1 aliphatic heterocycles. The first kappa shape index (κ1) is 10.5. The molecule has 3 nitrogen and oxygen atoms in total. The molecule has 80 valence electrons. The van der Waals surface area contributed by atoms with Gasteiger partial charge in [0.25, 0.3) is 0 Å². The molecular formula is C11H11BrO3. The predicted molar refractivity (Wildman–Crippen MR) is 59.2 cm³/mol. The Hall–Kier alpha value is -1.03. The molecule has 0 amide bonds. The van der Waals surface area contributed by atoms with Crippen molar-refractivity contribution in [3.8, 4) is 5.75 Å². The van der Waals surface area contributed by atoms with Crippen LogP contribution in [0.5, 0.6) is 5.75 Å². The molecule has 0 spiro atoms. The van der Waals surface area contributed by atoms with E-state index in [0.29, 0.717) is 0 Å². The van der Waals surface area contributed by atoms with Gasteiger partial charge in [-0.05, 0) is 17.7 Å². The Labute approximate surface area is 96.2 Å². The van der Waals surface area contributed by atoms with Crippen molar-refractivity contribution in [2.24, 2.45) is 5.92 Å². The van der Waals surface area contributed by atoms with Gasteiger partial charge in [-0.25, -0.2) is 0 Å². The standard InChI is InChI=1S/C11H11BrO3/c1-6-8-3-2-7(12)4-10(8)15-5-9(6)11(13)14/h2-4,6,9H,5H2,1H3,(H,13,14). The molecule has 0 aromatic heterocycles. The van der Waals surface area contributed by atoms with Gasteiger partial charge in [-0.1, -0.05) is 28.9 Å². The number of benzene rings is 1. The van der Waals surface area contributed by atoms with E-state index in [-0.39, 0.29) is 12.5 Å². The lowest BCUT2D eigenvalue weighted by Crippen LogP contribution is -2.30. The van der Waals surface area contributed by atoms with Gasteiger partial charge in [0.1, 0.15) is 12.4 Å². The number of halogens is 1. The summed E-state index contributed by atoms with van der Waals surface area (Å²) in [4.78, 5) is 11.0. The summed E-state index contributed by atoms with van der Waals surface area (Å²) in [6.07, 6.45) is 0. The van der Waals surface area contributed by atoms with Crippen LogP contribution in [0, 0.1) is 5.92 Å². The molecule has 0 saturated heterocycles. The van der Waals surface area contributed by atoms with Gasteiger partial charge >= 0.3 is 5.97 Å². The molecule has 0 saturated carbocycles.